The summed E-state index contributed by atoms with van der Waals surface area (Å²) in [5.41, 5.74) is 1.36. The highest BCUT2D eigenvalue weighted by Crippen LogP contribution is 2.28. The van der Waals surface area contributed by atoms with Gasteiger partial charge in [-0.2, -0.15) is 0 Å². The SMILES string of the molecule is C=C/C=C(O)\C=C1/CCCC(N(C/C=C/C)CCC)C1. The molecule has 1 fully saturated rings. The van der Waals surface area contributed by atoms with Gasteiger partial charge in [0.05, 0.1) is 0 Å². The first-order valence-electron chi connectivity index (χ1n) is 7.77. The van der Waals surface area contributed by atoms with E-state index in [2.05, 4.69) is 37.5 Å². The molecular weight excluding hydrogens is 246 g/mol. The van der Waals surface area contributed by atoms with Crippen LogP contribution < -0.4 is 0 Å². The molecule has 1 unspecified atom stereocenters. The molecule has 0 aromatic carbocycles. The monoisotopic (exact) mass is 275 g/mol. The standard InChI is InChI=1S/C18H29NO/c1-4-7-13-19(12-6-3)17-11-8-10-16(14-17)15-18(20)9-5-2/h4-5,7,9,15,17,20H,2,6,8,10-14H2,1,3H3/b7-4+,16-15+,18-9+. The zero-order valence-corrected chi connectivity index (χ0v) is 13.0. The zero-order valence-electron chi connectivity index (χ0n) is 13.0. The number of aliphatic hydroxyl groups is 1. The molecule has 0 aromatic heterocycles. The fourth-order valence-corrected chi connectivity index (χ4v) is 2.84. The summed E-state index contributed by atoms with van der Waals surface area (Å²) in [7, 11) is 0. The zero-order chi connectivity index (χ0) is 14.8. The van der Waals surface area contributed by atoms with E-state index >= 15 is 0 Å². The fraction of sp³-hybridized carbons (Fsp3) is 0.556. The van der Waals surface area contributed by atoms with E-state index in [1.54, 1.807) is 12.2 Å². The second-order valence-corrected chi connectivity index (χ2v) is 5.44. The second-order valence-electron chi connectivity index (χ2n) is 5.44. The molecule has 0 aromatic rings. The lowest BCUT2D eigenvalue weighted by Crippen LogP contribution is -2.38. The summed E-state index contributed by atoms with van der Waals surface area (Å²) in [6.07, 6.45) is 15.4. The molecule has 0 heterocycles. The maximum absolute atomic E-state index is 9.76. The summed E-state index contributed by atoms with van der Waals surface area (Å²) in [6, 6.07) is 0.614. The number of hydrogen-bond donors (Lipinski definition) is 1. The van der Waals surface area contributed by atoms with E-state index in [9.17, 15) is 5.11 Å². The van der Waals surface area contributed by atoms with Gasteiger partial charge in [0.1, 0.15) is 5.76 Å². The number of rotatable bonds is 7. The van der Waals surface area contributed by atoms with Crippen molar-refractivity contribution in [3.63, 3.8) is 0 Å². The largest absolute Gasteiger partial charge is 0.508 e. The first-order chi connectivity index (χ1) is 9.71. The van der Waals surface area contributed by atoms with Crippen molar-refractivity contribution in [2.75, 3.05) is 13.1 Å². The Balaban J connectivity index is 2.70. The summed E-state index contributed by atoms with van der Waals surface area (Å²) in [5, 5.41) is 9.76. The molecule has 0 bridgehead atoms. The van der Waals surface area contributed by atoms with Crippen LogP contribution in [0.25, 0.3) is 0 Å². The minimum absolute atomic E-state index is 0.325. The fourth-order valence-electron chi connectivity index (χ4n) is 2.84. The number of allylic oxidation sites excluding steroid dienone is 4. The van der Waals surface area contributed by atoms with Crippen LogP contribution in [0.4, 0.5) is 0 Å². The predicted octanol–water partition coefficient (Wildman–Crippen LogP) is 4.77. The Morgan fingerprint density at radius 3 is 2.95 bits per heavy atom. The summed E-state index contributed by atoms with van der Waals surface area (Å²) in [4.78, 5) is 2.57. The van der Waals surface area contributed by atoms with Crippen LogP contribution in [0.15, 0.2) is 48.3 Å². The van der Waals surface area contributed by atoms with E-state index in [1.807, 2.05) is 6.08 Å². The topological polar surface area (TPSA) is 23.5 Å². The molecule has 1 rings (SSSR count). The maximum atomic E-state index is 9.76. The van der Waals surface area contributed by atoms with E-state index in [1.165, 1.54) is 24.8 Å². The summed E-state index contributed by atoms with van der Waals surface area (Å²) in [5.74, 6) is 0.325. The Morgan fingerprint density at radius 1 is 1.50 bits per heavy atom. The van der Waals surface area contributed by atoms with Gasteiger partial charge in [-0.25, -0.2) is 0 Å². The third-order valence-electron chi connectivity index (χ3n) is 3.78. The van der Waals surface area contributed by atoms with E-state index < -0.39 is 0 Å². The van der Waals surface area contributed by atoms with Crippen molar-refractivity contribution in [3.8, 4) is 0 Å². The molecule has 0 saturated heterocycles. The highest BCUT2D eigenvalue weighted by atomic mass is 16.3. The molecule has 1 N–H and O–H groups in total. The molecule has 2 nitrogen and oxygen atoms in total. The quantitative estimate of drug-likeness (QED) is 0.411. The molecule has 1 aliphatic rings. The van der Waals surface area contributed by atoms with Gasteiger partial charge in [0, 0.05) is 12.6 Å². The van der Waals surface area contributed by atoms with E-state index in [0.717, 1.165) is 25.9 Å². The molecule has 0 aliphatic heterocycles. The molecule has 0 radical (unpaired) electrons. The molecule has 2 heteroatoms. The summed E-state index contributed by atoms with van der Waals surface area (Å²) in [6.45, 7) is 10.1. The number of aliphatic hydroxyl groups excluding tert-OH is 1. The van der Waals surface area contributed by atoms with Crippen molar-refractivity contribution in [2.45, 2.75) is 52.0 Å². The molecule has 1 saturated carbocycles. The van der Waals surface area contributed by atoms with Crippen molar-refractivity contribution >= 4 is 0 Å². The van der Waals surface area contributed by atoms with Crippen molar-refractivity contribution < 1.29 is 5.11 Å². The lowest BCUT2D eigenvalue weighted by atomic mass is 9.89. The van der Waals surface area contributed by atoms with Crippen molar-refractivity contribution in [2.24, 2.45) is 0 Å². The number of nitrogens with zero attached hydrogens (tertiary/aromatic N) is 1. The molecule has 0 amide bonds. The maximum Gasteiger partial charge on any atom is 0.115 e. The smallest absolute Gasteiger partial charge is 0.115 e. The van der Waals surface area contributed by atoms with Gasteiger partial charge in [-0.15, -0.1) is 0 Å². The van der Waals surface area contributed by atoms with Gasteiger partial charge in [-0.1, -0.05) is 37.3 Å². The van der Waals surface area contributed by atoms with Gasteiger partial charge in [0.2, 0.25) is 0 Å². The Bertz CT molecular complexity index is 379. The van der Waals surface area contributed by atoms with Crippen LogP contribution in [0.5, 0.6) is 0 Å². The molecule has 1 atom stereocenters. The lowest BCUT2D eigenvalue weighted by Gasteiger charge is -2.34. The Labute approximate surface area is 124 Å². The van der Waals surface area contributed by atoms with Gasteiger partial charge in [0.15, 0.2) is 0 Å². The van der Waals surface area contributed by atoms with Crippen LogP contribution in [-0.2, 0) is 0 Å². The average Bonchev–Trinajstić information content (AvgIpc) is 2.44. The van der Waals surface area contributed by atoms with Crippen molar-refractivity contribution in [1.82, 2.24) is 4.90 Å². The highest BCUT2D eigenvalue weighted by molar-refractivity contribution is 5.22. The van der Waals surface area contributed by atoms with Gasteiger partial charge in [0.25, 0.3) is 0 Å². The average molecular weight is 275 g/mol. The number of hydrogen-bond acceptors (Lipinski definition) is 2. The summed E-state index contributed by atoms with van der Waals surface area (Å²) < 4.78 is 0. The third kappa shape index (κ3) is 5.79. The molecule has 0 spiro atoms. The molecule has 20 heavy (non-hydrogen) atoms. The molecule has 112 valence electrons. The van der Waals surface area contributed by atoms with Crippen LogP contribution in [0.1, 0.15) is 46.0 Å². The Kier molecular flexibility index (Phi) is 8.05. The second kappa shape index (κ2) is 9.60. The lowest BCUT2D eigenvalue weighted by molar-refractivity contribution is 0.190. The summed E-state index contributed by atoms with van der Waals surface area (Å²) >= 11 is 0. The Hall–Kier alpha value is -1.28. The van der Waals surface area contributed by atoms with Gasteiger partial charge >= 0.3 is 0 Å². The predicted molar refractivity (Wildman–Crippen MR) is 87.9 cm³/mol. The van der Waals surface area contributed by atoms with E-state index in [-0.39, 0.29) is 0 Å². The van der Waals surface area contributed by atoms with Crippen molar-refractivity contribution in [1.29, 1.82) is 0 Å². The Morgan fingerprint density at radius 2 is 2.30 bits per heavy atom. The van der Waals surface area contributed by atoms with Crippen LogP contribution in [-0.4, -0.2) is 29.1 Å². The normalized spacial score (nSPS) is 22.9. The first-order valence-corrected chi connectivity index (χ1v) is 7.77. The molecular formula is C18H29NO. The third-order valence-corrected chi connectivity index (χ3v) is 3.78. The van der Waals surface area contributed by atoms with E-state index in [4.69, 9.17) is 0 Å². The first kappa shape index (κ1) is 16.8. The van der Waals surface area contributed by atoms with Crippen LogP contribution >= 0.6 is 0 Å². The highest BCUT2D eigenvalue weighted by Gasteiger charge is 2.22. The van der Waals surface area contributed by atoms with Gasteiger partial charge < -0.3 is 5.11 Å². The minimum Gasteiger partial charge on any atom is -0.508 e. The van der Waals surface area contributed by atoms with Crippen LogP contribution in [0.3, 0.4) is 0 Å². The van der Waals surface area contributed by atoms with E-state index in [0.29, 0.717) is 11.8 Å². The van der Waals surface area contributed by atoms with Gasteiger partial charge in [-0.05, 0) is 57.7 Å². The minimum atomic E-state index is 0.325. The van der Waals surface area contributed by atoms with Crippen LogP contribution in [0, 0.1) is 0 Å². The van der Waals surface area contributed by atoms with Crippen molar-refractivity contribution in [3.05, 3.63) is 48.3 Å². The van der Waals surface area contributed by atoms with Crippen LogP contribution in [0.2, 0.25) is 0 Å². The van der Waals surface area contributed by atoms with Gasteiger partial charge in [-0.3, -0.25) is 4.90 Å². The molecule has 1 aliphatic carbocycles.